The second kappa shape index (κ2) is 13.0. The van der Waals surface area contributed by atoms with Gasteiger partial charge in [-0.2, -0.15) is 11.8 Å². The van der Waals surface area contributed by atoms with Crippen molar-refractivity contribution >= 4 is 29.9 Å². The highest BCUT2D eigenvalue weighted by molar-refractivity contribution is 7.98. The fraction of sp³-hybridized carbons (Fsp3) is 0.652. The van der Waals surface area contributed by atoms with Gasteiger partial charge in [-0.15, -0.1) is 0 Å². The number of thioether (sulfide) groups is 1. The minimum absolute atomic E-state index is 0.750. The molecule has 1 heterocycles. The lowest BCUT2D eigenvalue weighted by Crippen LogP contribution is -2.66. The minimum Gasteiger partial charge on any atom is -0.330 e. The number of hydrogen-bond acceptors (Lipinski definition) is 5. The van der Waals surface area contributed by atoms with Crippen LogP contribution in [0.1, 0.15) is 44.6 Å². The lowest BCUT2D eigenvalue weighted by molar-refractivity contribution is -0.0755. The SMILES string of the molecule is CC/C=C\c1ccccc1.CSCCN1CC2(CC(NC3CC3)C2)C1.CSO. The molecule has 0 amide bonds. The molecule has 2 N–H and O–H groups in total. The third kappa shape index (κ3) is 8.50. The van der Waals surface area contributed by atoms with Crippen LogP contribution in [-0.4, -0.2) is 59.4 Å². The fourth-order valence-corrected chi connectivity index (χ4v) is 4.48. The number of nitrogens with one attached hydrogen (secondary N) is 1. The number of nitrogens with zero attached hydrogens (tertiary/aromatic N) is 1. The van der Waals surface area contributed by atoms with Gasteiger partial charge < -0.3 is 14.8 Å². The molecule has 2 saturated carbocycles. The van der Waals surface area contributed by atoms with Gasteiger partial charge >= 0.3 is 0 Å². The minimum atomic E-state index is 0.750. The van der Waals surface area contributed by atoms with E-state index in [9.17, 15) is 0 Å². The van der Waals surface area contributed by atoms with Crippen LogP contribution < -0.4 is 5.32 Å². The average molecular weight is 423 g/mol. The van der Waals surface area contributed by atoms with Crippen LogP contribution in [0.4, 0.5) is 0 Å². The Balaban J connectivity index is 0.000000188. The van der Waals surface area contributed by atoms with Crippen molar-refractivity contribution in [2.45, 2.75) is 51.1 Å². The molecular weight excluding hydrogens is 384 g/mol. The third-order valence-corrected chi connectivity index (χ3v) is 6.07. The van der Waals surface area contributed by atoms with E-state index in [0.717, 1.165) is 36.0 Å². The number of rotatable bonds is 7. The van der Waals surface area contributed by atoms with Gasteiger partial charge in [0.05, 0.1) is 0 Å². The Bertz CT molecular complexity index is 549. The molecule has 1 aromatic rings. The van der Waals surface area contributed by atoms with Crippen molar-refractivity contribution < 1.29 is 4.55 Å². The zero-order valence-electron chi connectivity index (χ0n) is 17.8. The van der Waals surface area contributed by atoms with E-state index in [0.29, 0.717) is 0 Å². The molecule has 1 spiro atoms. The first kappa shape index (κ1) is 23.8. The summed E-state index contributed by atoms with van der Waals surface area (Å²) in [7, 11) is 0. The van der Waals surface area contributed by atoms with E-state index in [4.69, 9.17) is 4.55 Å². The van der Waals surface area contributed by atoms with Crippen molar-refractivity contribution in [1.29, 1.82) is 0 Å². The Hall–Kier alpha value is -0.460. The molecule has 0 unspecified atom stereocenters. The summed E-state index contributed by atoms with van der Waals surface area (Å²) in [5.41, 5.74) is 2.04. The smallest absolute Gasteiger partial charge is 0.00821 e. The maximum absolute atomic E-state index is 7.49. The van der Waals surface area contributed by atoms with Gasteiger partial charge in [0.15, 0.2) is 0 Å². The molecule has 28 heavy (non-hydrogen) atoms. The molecule has 0 radical (unpaired) electrons. The van der Waals surface area contributed by atoms with Crippen molar-refractivity contribution in [2.24, 2.45) is 5.41 Å². The number of likely N-dealkylation sites (tertiary alicyclic amines) is 1. The van der Waals surface area contributed by atoms with Crippen LogP contribution in [-0.2, 0) is 0 Å². The lowest BCUT2D eigenvalue weighted by Gasteiger charge is -2.59. The molecule has 3 aliphatic rings. The average Bonchev–Trinajstić information content (AvgIpc) is 3.46. The summed E-state index contributed by atoms with van der Waals surface area (Å²) >= 11 is 2.72. The predicted octanol–water partition coefficient (Wildman–Crippen LogP) is 5.50. The van der Waals surface area contributed by atoms with Crippen molar-refractivity contribution in [3.63, 3.8) is 0 Å². The summed E-state index contributed by atoms with van der Waals surface area (Å²) in [6, 6.07) is 12.1. The van der Waals surface area contributed by atoms with Crippen LogP contribution in [0.25, 0.3) is 6.08 Å². The van der Waals surface area contributed by atoms with Gasteiger partial charge in [-0.1, -0.05) is 49.4 Å². The number of benzene rings is 1. The van der Waals surface area contributed by atoms with Gasteiger partial charge in [-0.3, -0.25) is 0 Å². The fourth-order valence-electron chi connectivity index (χ4n) is 4.04. The standard InChI is InChI=1S/C12H22N2S.C10H12.CH4OS/c1-15-5-4-14-8-12(9-14)6-11(7-12)13-10-2-3-10;1-2-3-7-10-8-5-4-6-9-10;1-3-2/h10-11,13H,2-9H2,1H3;3-9H,2H2,1H3;2H,1H3/b;7-3-;. The molecule has 0 bridgehead atoms. The summed E-state index contributed by atoms with van der Waals surface area (Å²) in [4.78, 5) is 2.63. The van der Waals surface area contributed by atoms with Gasteiger partial charge in [-0.05, 0) is 61.4 Å². The van der Waals surface area contributed by atoms with Gasteiger partial charge in [0.25, 0.3) is 0 Å². The van der Waals surface area contributed by atoms with Gasteiger partial charge in [0, 0.05) is 43.7 Å². The zero-order chi connectivity index (χ0) is 20.2. The highest BCUT2D eigenvalue weighted by Crippen LogP contribution is 2.48. The molecule has 1 aliphatic heterocycles. The van der Waals surface area contributed by atoms with E-state index < -0.39 is 0 Å². The molecule has 4 rings (SSSR count). The van der Waals surface area contributed by atoms with Crippen LogP contribution in [0.2, 0.25) is 0 Å². The summed E-state index contributed by atoms with van der Waals surface area (Å²) in [5.74, 6) is 1.31. The van der Waals surface area contributed by atoms with Crippen molar-refractivity contribution in [3.8, 4) is 0 Å². The zero-order valence-corrected chi connectivity index (χ0v) is 19.4. The first-order valence-corrected chi connectivity index (χ1v) is 13.1. The molecule has 1 aromatic carbocycles. The molecule has 0 aromatic heterocycles. The second-order valence-corrected chi connectivity index (χ2v) is 9.50. The monoisotopic (exact) mass is 422 g/mol. The quantitative estimate of drug-likeness (QED) is 0.568. The number of hydrogen-bond donors (Lipinski definition) is 2. The summed E-state index contributed by atoms with van der Waals surface area (Å²) < 4.78 is 7.49. The van der Waals surface area contributed by atoms with Crippen molar-refractivity contribution in [1.82, 2.24) is 10.2 Å². The van der Waals surface area contributed by atoms with Crippen LogP contribution >= 0.6 is 23.8 Å². The largest absolute Gasteiger partial charge is 0.330 e. The molecule has 5 heteroatoms. The normalized spacial score (nSPS) is 20.6. The van der Waals surface area contributed by atoms with E-state index in [-0.39, 0.29) is 0 Å². The molecule has 3 nitrogen and oxygen atoms in total. The molecule has 0 atom stereocenters. The lowest BCUT2D eigenvalue weighted by atomic mass is 9.60. The van der Waals surface area contributed by atoms with Crippen LogP contribution in [0.3, 0.4) is 0 Å². The Morgan fingerprint density at radius 3 is 2.32 bits per heavy atom. The Morgan fingerprint density at radius 1 is 1.14 bits per heavy atom. The van der Waals surface area contributed by atoms with Crippen LogP contribution in [0.15, 0.2) is 36.4 Å². The summed E-state index contributed by atoms with van der Waals surface area (Å²) in [5, 5.41) is 3.75. The topological polar surface area (TPSA) is 35.5 Å². The molecular formula is C23H38N2OS2. The van der Waals surface area contributed by atoms with E-state index in [2.05, 4.69) is 59.8 Å². The summed E-state index contributed by atoms with van der Waals surface area (Å²) in [6.07, 6.45) is 15.0. The number of allylic oxidation sites excluding steroid dienone is 1. The van der Waals surface area contributed by atoms with Gasteiger partial charge in [0.2, 0.25) is 0 Å². The van der Waals surface area contributed by atoms with Gasteiger partial charge in [0.1, 0.15) is 0 Å². The Kier molecular flexibility index (Phi) is 11.0. The van der Waals surface area contributed by atoms with Crippen LogP contribution in [0, 0.1) is 5.41 Å². The van der Waals surface area contributed by atoms with Crippen molar-refractivity contribution in [2.75, 3.05) is 37.9 Å². The van der Waals surface area contributed by atoms with Crippen molar-refractivity contribution in [3.05, 3.63) is 42.0 Å². The maximum atomic E-state index is 7.49. The first-order chi connectivity index (χ1) is 13.6. The Morgan fingerprint density at radius 2 is 1.79 bits per heavy atom. The predicted molar refractivity (Wildman–Crippen MR) is 128 cm³/mol. The van der Waals surface area contributed by atoms with Gasteiger partial charge in [-0.25, -0.2) is 0 Å². The highest BCUT2D eigenvalue weighted by Gasteiger charge is 2.52. The molecule has 1 saturated heterocycles. The van der Waals surface area contributed by atoms with E-state index in [1.54, 1.807) is 6.26 Å². The summed E-state index contributed by atoms with van der Waals surface area (Å²) in [6.45, 7) is 6.22. The Labute approximate surface area is 180 Å². The van der Waals surface area contributed by atoms with E-state index in [1.165, 1.54) is 56.6 Å². The highest BCUT2D eigenvalue weighted by atomic mass is 32.2. The third-order valence-electron chi connectivity index (χ3n) is 5.48. The van der Waals surface area contributed by atoms with Crippen LogP contribution in [0.5, 0.6) is 0 Å². The first-order valence-electron chi connectivity index (χ1n) is 10.5. The van der Waals surface area contributed by atoms with E-state index in [1.807, 2.05) is 17.8 Å². The maximum Gasteiger partial charge on any atom is 0.00821 e. The molecule has 3 fully saturated rings. The van der Waals surface area contributed by atoms with E-state index >= 15 is 0 Å². The molecule has 158 valence electrons. The molecule has 2 aliphatic carbocycles. The second-order valence-electron chi connectivity index (χ2n) is 8.15.